The summed E-state index contributed by atoms with van der Waals surface area (Å²) in [5.41, 5.74) is 1.96. The van der Waals surface area contributed by atoms with E-state index in [1.165, 1.54) is 7.11 Å². The number of para-hydroxylation sites is 1. The fourth-order valence-corrected chi connectivity index (χ4v) is 2.09. The maximum atomic E-state index is 12.0. The van der Waals surface area contributed by atoms with E-state index in [9.17, 15) is 4.79 Å². The maximum Gasteiger partial charge on any atom is 0.217 e. The Hall–Kier alpha value is -3.15. The zero-order valence-corrected chi connectivity index (χ0v) is 14.9. The summed E-state index contributed by atoms with van der Waals surface area (Å²) in [5.74, 6) is 0.403. The second kappa shape index (κ2) is 10.7. The van der Waals surface area contributed by atoms with Crippen molar-refractivity contribution >= 4 is 17.2 Å². The average molecular weight is 354 g/mol. The predicted molar refractivity (Wildman–Crippen MR) is 101 cm³/mol. The highest BCUT2D eigenvalue weighted by molar-refractivity contribution is 6.39. The highest BCUT2D eigenvalue weighted by atomic mass is 16.6. The first-order valence-electron chi connectivity index (χ1n) is 8.23. The molecule has 0 radical (unpaired) electrons. The van der Waals surface area contributed by atoms with E-state index in [-0.39, 0.29) is 24.7 Å². The van der Waals surface area contributed by atoms with Crippen LogP contribution in [0.3, 0.4) is 0 Å². The first-order valence-corrected chi connectivity index (χ1v) is 8.23. The number of oxime groups is 2. The smallest absolute Gasteiger partial charge is 0.217 e. The van der Waals surface area contributed by atoms with Crippen LogP contribution >= 0.6 is 0 Å². The van der Waals surface area contributed by atoms with Crippen molar-refractivity contribution in [2.45, 2.75) is 13.3 Å². The van der Waals surface area contributed by atoms with Gasteiger partial charge in [0.05, 0.1) is 5.71 Å². The molecule has 0 N–H and O–H groups in total. The van der Waals surface area contributed by atoms with Crippen LogP contribution in [0.5, 0.6) is 5.75 Å². The van der Waals surface area contributed by atoms with E-state index in [1.807, 2.05) is 48.5 Å². The molecule has 6 nitrogen and oxygen atoms in total. The number of ether oxygens (including phenoxy) is 1. The molecule has 0 atom stereocenters. The van der Waals surface area contributed by atoms with E-state index < -0.39 is 0 Å². The number of rotatable bonds is 10. The second-order valence-corrected chi connectivity index (χ2v) is 5.37. The Balaban J connectivity index is 1.79. The normalized spacial score (nSPS) is 11.8. The van der Waals surface area contributed by atoms with Crippen LogP contribution in [0, 0.1) is 0 Å². The van der Waals surface area contributed by atoms with Crippen molar-refractivity contribution in [3.8, 4) is 5.75 Å². The Labute approximate surface area is 153 Å². The van der Waals surface area contributed by atoms with E-state index in [2.05, 4.69) is 10.3 Å². The van der Waals surface area contributed by atoms with Crippen molar-refractivity contribution in [3.63, 3.8) is 0 Å². The van der Waals surface area contributed by atoms with Gasteiger partial charge in [-0.3, -0.25) is 4.79 Å². The molecule has 0 spiro atoms. The van der Waals surface area contributed by atoms with Crippen LogP contribution in [0.1, 0.15) is 18.9 Å². The monoisotopic (exact) mass is 354 g/mol. The fraction of sp³-hybridized carbons (Fsp3) is 0.250. The molecule has 0 fully saturated rings. The number of carbonyl (C=O) groups is 1. The largest absolute Gasteiger partial charge is 0.485 e. The lowest BCUT2D eigenvalue weighted by Gasteiger charge is -2.06. The van der Waals surface area contributed by atoms with Crippen molar-refractivity contribution in [1.82, 2.24) is 0 Å². The molecule has 0 heterocycles. The van der Waals surface area contributed by atoms with Gasteiger partial charge >= 0.3 is 0 Å². The number of carbonyl (C=O) groups excluding carboxylic acids is 1. The summed E-state index contributed by atoms with van der Waals surface area (Å²) >= 11 is 0. The topological polar surface area (TPSA) is 69.5 Å². The summed E-state index contributed by atoms with van der Waals surface area (Å²) in [7, 11) is 1.50. The molecular weight excluding hydrogens is 332 g/mol. The summed E-state index contributed by atoms with van der Waals surface area (Å²) in [5, 5.41) is 7.86. The third-order valence-electron chi connectivity index (χ3n) is 3.46. The number of hydrogen-bond acceptors (Lipinski definition) is 6. The maximum absolute atomic E-state index is 12.0. The van der Waals surface area contributed by atoms with Gasteiger partial charge in [-0.1, -0.05) is 58.8 Å². The second-order valence-electron chi connectivity index (χ2n) is 5.37. The number of ketones is 1. The molecule has 0 saturated heterocycles. The molecule has 2 aromatic rings. The first kappa shape index (κ1) is 19.2. The fourth-order valence-electron chi connectivity index (χ4n) is 2.09. The third-order valence-corrected chi connectivity index (χ3v) is 3.46. The summed E-state index contributed by atoms with van der Waals surface area (Å²) in [4.78, 5) is 22.1. The summed E-state index contributed by atoms with van der Waals surface area (Å²) in [6, 6.07) is 18.8. The molecule has 6 heteroatoms. The number of nitrogens with zero attached hydrogens (tertiary/aromatic N) is 2. The molecule has 136 valence electrons. The van der Waals surface area contributed by atoms with E-state index in [4.69, 9.17) is 14.4 Å². The summed E-state index contributed by atoms with van der Waals surface area (Å²) < 4.78 is 5.40. The van der Waals surface area contributed by atoms with Crippen LogP contribution in [-0.4, -0.2) is 37.5 Å². The van der Waals surface area contributed by atoms with Crippen molar-refractivity contribution in [1.29, 1.82) is 0 Å². The Kier molecular flexibility index (Phi) is 7.86. The van der Waals surface area contributed by atoms with Crippen molar-refractivity contribution in [3.05, 3.63) is 66.2 Å². The first-order chi connectivity index (χ1) is 12.7. The molecule has 0 aliphatic rings. The molecule has 0 amide bonds. The summed E-state index contributed by atoms with van der Waals surface area (Å²) in [6.45, 7) is 1.79. The molecule has 0 bridgehead atoms. The standard InChI is InChI=1S/C20H22N2O4/c1-16(20(23)15-25-18-11-7-4-8-12-18)21-26-14-13-19(22-24-2)17-9-5-3-6-10-17/h3-12H,13-15H2,1-2H3/b21-16+,22-19-. The van der Waals surface area contributed by atoms with Gasteiger partial charge in [0.25, 0.3) is 0 Å². The Morgan fingerprint density at radius 2 is 1.62 bits per heavy atom. The van der Waals surface area contributed by atoms with E-state index >= 15 is 0 Å². The summed E-state index contributed by atoms with van der Waals surface area (Å²) in [6.07, 6.45) is 0.503. The lowest BCUT2D eigenvalue weighted by Crippen LogP contribution is -2.19. The van der Waals surface area contributed by atoms with Crippen molar-refractivity contribution < 1.29 is 19.2 Å². The zero-order chi connectivity index (χ0) is 18.6. The van der Waals surface area contributed by atoms with Gasteiger partial charge in [-0.05, 0) is 24.6 Å². The predicted octanol–water partition coefficient (Wildman–Crippen LogP) is 3.47. The van der Waals surface area contributed by atoms with Gasteiger partial charge in [-0.15, -0.1) is 0 Å². The molecule has 2 aromatic carbocycles. The van der Waals surface area contributed by atoms with Gasteiger partial charge in [-0.25, -0.2) is 0 Å². The van der Waals surface area contributed by atoms with E-state index in [0.29, 0.717) is 12.2 Å². The number of Topliss-reactive ketones (excluding diaryl/α,β-unsaturated/α-hetero) is 1. The molecule has 0 aromatic heterocycles. The van der Waals surface area contributed by atoms with Gasteiger partial charge in [0.15, 0.2) is 6.61 Å². The Morgan fingerprint density at radius 1 is 0.962 bits per heavy atom. The quantitative estimate of drug-likeness (QED) is 0.372. The minimum atomic E-state index is -0.234. The third kappa shape index (κ3) is 6.39. The highest BCUT2D eigenvalue weighted by Crippen LogP contribution is 2.08. The van der Waals surface area contributed by atoms with Crippen LogP contribution in [-0.2, 0) is 14.5 Å². The minimum Gasteiger partial charge on any atom is -0.485 e. The van der Waals surface area contributed by atoms with Gasteiger partial charge < -0.3 is 14.4 Å². The van der Waals surface area contributed by atoms with E-state index in [1.54, 1.807) is 19.1 Å². The average Bonchev–Trinajstić information content (AvgIpc) is 2.69. The SMILES string of the molecule is CO/N=C(/CCO/N=C(\C)C(=O)COc1ccccc1)c1ccccc1. The molecule has 0 unspecified atom stereocenters. The lowest BCUT2D eigenvalue weighted by atomic mass is 10.1. The zero-order valence-electron chi connectivity index (χ0n) is 14.9. The molecule has 0 saturated carbocycles. The molecule has 26 heavy (non-hydrogen) atoms. The van der Waals surface area contributed by atoms with Crippen LogP contribution in [0.25, 0.3) is 0 Å². The Bertz CT molecular complexity index is 743. The molecular formula is C20H22N2O4. The number of hydrogen-bond donors (Lipinski definition) is 0. The van der Waals surface area contributed by atoms with Gasteiger partial charge in [-0.2, -0.15) is 0 Å². The highest BCUT2D eigenvalue weighted by Gasteiger charge is 2.09. The van der Waals surface area contributed by atoms with Crippen molar-refractivity contribution in [2.75, 3.05) is 20.3 Å². The van der Waals surface area contributed by atoms with Gasteiger partial charge in [0.2, 0.25) is 5.78 Å². The van der Waals surface area contributed by atoms with E-state index in [0.717, 1.165) is 11.3 Å². The van der Waals surface area contributed by atoms with Crippen LogP contribution in [0.2, 0.25) is 0 Å². The number of benzene rings is 2. The lowest BCUT2D eigenvalue weighted by molar-refractivity contribution is -0.115. The Morgan fingerprint density at radius 3 is 2.27 bits per heavy atom. The molecule has 0 aliphatic heterocycles. The van der Waals surface area contributed by atoms with Gasteiger partial charge in [0, 0.05) is 6.42 Å². The van der Waals surface area contributed by atoms with Gasteiger partial charge in [0.1, 0.15) is 25.2 Å². The molecule has 2 rings (SSSR count). The van der Waals surface area contributed by atoms with Crippen LogP contribution in [0.4, 0.5) is 0 Å². The molecule has 0 aliphatic carbocycles. The van der Waals surface area contributed by atoms with Crippen LogP contribution < -0.4 is 4.74 Å². The minimum absolute atomic E-state index is 0.0803. The van der Waals surface area contributed by atoms with Crippen LogP contribution in [0.15, 0.2) is 71.0 Å². The van der Waals surface area contributed by atoms with Crippen molar-refractivity contribution in [2.24, 2.45) is 10.3 Å².